The molecule has 0 saturated heterocycles. The highest BCUT2D eigenvalue weighted by atomic mass is 32.2. The van der Waals surface area contributed by atoms with Crippen LogP contribution in [0.4, 0.5) is 5.82 Å². The minimum atomic E-state index is -3.42. The molecule has 2 heterocycles. The molecule has 0 radical (unpaired) electrons. The third-order valence-electron chi connectivity index (χ3n) is 4.00. The minimum Gasteiger partial charge on any atom is -0.492 e. The van der Waals surface area contributed by atoms with Crippen molar-refractivity contribution in [2.24, 2.45) is 0 Å². The van der Waals surface area contributed by atoms with Crippen molar-refractivity contribution in [3.05, 3.63) is 60.2 Å². The van der Waals surface area contributed by atoms with E-state index < -0.39 is 10.0 Å². The first-order valence-electron chi connectivity index (χ1n) is 9.18. The molecule has 2 aromatic heterocycles. The molecule has 0 atom stereocenters. The fraction of sp³-hybridized carbons (Fsp3) is 0.316. The summed E-state index contributed by atoms with van der Waals surface area (Å²) < 4.78 is 33.8. The largest absolute Gasteiger partial charge is 0.492 e. The summed E-state index contributed by atoms with van der Waals surface area (Å²) in [4.78, 5) is 8.39. The maximum atomic E-state index is 12.1. The maximum absolute atomic E-state index is 12.1. The highest BCUT2D eigenvalue weighted by molar-refractivity contribution is 7.89. The van der Waals surface area contributed by atoms with Crippen molar-refractivity contribution in [1.29, 1.82) is 0 Å². The van der Waals surface area contributed by atoms with Crippen molar-refractivity contribution in [3.63, 3.8) is 0 Å². The molecule has 0 saturated carbocycles. The van der Waals surface area contributed by atoms with Crippen LogP contribution in [-0.4, -0.2) is 53.6 Å². The van der Waals surface area contributed by atoms with E-state index in [0.29, 0.717) is 23.9 Å². The third kappa shape index (κ3) is 6.26. The first-order valence-corrected chi connectivity index (χ1v) is 10.8. The summed E-state index contributed by atoms with van der Waals surface area (Å²) in [5.41, 5.74) is 1.87. The Morgan fingerprint density at radius 1 is 1.07 bits per heavy atom. The summed E-state index contributed by atoms with van der Waals surface area (Å²) >= 11 is 0. The molecule has 0 bridgehead atoms. The van der Waals surface area contributed by atoms with Gasteiger partial charge >= 0.3 is 0 Å². The van der Waals surface area contributed by atoms with E-state index in [1.807, 2.05) is 38.1 Å². The topological polar surface area (TPSA) is 111 Å². The Labute approximate surface area is 170 Å². The molecule has 0 fully saturated rings. The highest BCUT2D eigenvalue weighted by Gasteiger charge is 2.10. The van der Waals surface area contributed by atoms with Gasteiger partial charge in [-0.25, -0.2) is 27.8 Å². The monoisotopic (exact) mass is 416 g/mol. The first-order chi connectivity index (χ1) is 13.9. The number of benzene rings is 1. The number of hydrogen-bond acceptors (Lipinski definition) is 7. The van der Waals surface area contributed by atoms with Crippen LogP contribution in [-0.2, 0) is 10.0 Å². The van der Waals surface area contributed by atoms with E-state index in [1.54, 1.807) is 22.9 Å². The van der Waals surface area contributed by atoms with Crippen LogP contribution < -0.4 is 14.8 Å². The second-order valence-electron chi connectivity index (χ2n) is 6.40. The number of anilines is 1. The lowest BCUT2D eigenvalue weighted by molar-refractivity contribution is 0.340. The molecule has 154 valence electrons. The Hall–Kier alpha value is -2.98. The Morgan fingerprint density at radius 3 is 2.59 bits per heavy atom. The van der Waals surface area contributed by atoms with E-state index in [2.05, 4.69) is 25.1 Å². The summed E-state index contributed by atoms with van der Waals surface area (Å²) in [5, 5.41) is 7.48. The number of ether oxygens (including phenoxy) is 1. The van der Waals surface area contributed by atoms with Gasteiger partial charge in [-0.2, -0.15) is 5.10 Å². The number of rotatable bonds is 10. The summed E-state index contributed by atoms with van der Waals surface area (Å²) in [7, 11) is -3.42. The van der Waals surface area contributed by atoms with E-state index in [-0.39, 0.29) is 18.9 Å². The predicted molar refractivity (Wildman–Crippen MR) is 111 cm³/mol. The lowest BCUT2D eigenvalue weighted by Gasteiger charge is -2.10. The quantitative estimate of drug-likeness (QED) is 0.484. The third-order valence-corrected chi connectivity index (χ3v) is 5.34. The van der Waals surface area contributed by atoms with Gasteiger partial charge in [-0.1, -0.05) is 18.2 Å². The second kappa shape index (κ2) is 9.48. The van der Waals surface area contributed by atoms with Gasteiger partial charge < -0.3 is 10.1 Å². The molecule has 0 spiro atoms. The number of hydrogen-bond donors (Lipinski definition) is 2. The van der Waals surface area contributed by atoms with Crippen molar-refractivity contribution >= 4 is 15.8 Å². The van der Waals surface area contributed by atoms with Gasteiger partial charge in [0, 0.05) is 24.8 Å². The van der Waals surface area contributed by atoms with E-state index in [9.17, 15) is 8.42 Å². The standard InChI is InChI=1S/C19H24N6O3S/c1-15-12-16(2)25(24-15)19-13-18(21-14-22-19)20-8-9-23-29(26,27)11-10-28-17-6-4-3-5-7-17/h3-7,12-14,23H,8-11H2,1-2H3,(H,20,21,22). The number of nitrogens with zero attached hydrogens (tertiary/aromatic N) is 4. The van der Waals surface area contributed by atoms with E-state index in [0.717, 1.165) is 11.4 Å². The van der Waals surface area contributed by atoms with Gasteiger partial charge in [0.2, 0.25) is 10.0 Å². The zero-order chi connectivity index (χ0) is 20.7. The van der Waals surface area contributed by atoms with Crippen molar-refractivity contribution in [1.82, 2.24) is 24.5 Å². The minimum absolute atomic E-state index is 0.0880. The van der Waals surface area contributed by atoms with Crippen LogP contribution in [0.15, 0.2) is 48.8 Å². The Bertz CT molecular complexity index is 1040. The molecule has 9 nitrogen and oxygen atoms in total. The van der Waals surface area contributed by atoms with Crippen molar-refractivity contribution in [3.8, 4) is 11.6 Å². The maximum Gasteiger partial charge on any atom is 0.215 e. The molecule has 0 aliphatic rings. The van der Waals surface area contributed by atoms with E-state index in [4.69, 9.17) is 4.74 Å². The molecule has 0 aliphatic carbocycles. The van der Waals surface area contributed by atoms with Crippen LogP contribution in [0.5, 0.6) is 5.75 Å². The smallest absolute Gasteiger partial charge is 0.215 e. The van der Waals surface area contributed by atoms with E-state index in [1.165, 1.54) is 6.33 Å². The molecule has 10 heteroatoms. The van der Waals surface area contributed by atoms with Crippen molar-refractivity contribution in [2.45, 2.75) is 13.8 Å². The fourth-order valence-electron chi connectivity index (χ4n) is 2.68. The SMILES string of the molecule is Cc1cc(C)n(-c2cc(NCCNS(=O)(=O)CCOc3ccccc3)ncn2)n1. The number of para-hydroxylation sites is 1. The molecule has 2 N–H and O–H groups in total. The zero-order valence-electron chi connectivity index (χ0n) is 16.4. The van der Waals surface area contributed by atoms with Crippen LogP contribution in [0, 0.1) is 13.8 Å². The zero-order valence-corrected chi connectivity index (χ0v) is 17.2. The number of sulfonamides is 1. The van der Waals surface area contributed by atoms with Gasteiger partial charge in [-0.15, -0.1) is 0 Å². The highest BCUT2D eigenvalue weighted by Crippen LogP contribution is 2.12. The van der Waals surface area contributed by atoms with Crippen LogP contribution in [0.1, 0.15) is 11.4 Å². The van der Waals surface area contributed by atoms with Gasteiger partial charge in [-0.3, -0.25) is 0 Å². The van der Waals surface area contributed by atoms with Crippen molar-refractivity contribution in [2.75, 3.05) is 30.8 Å². The average Bonchev–Trinajstić information content (AvgIpc) is 3.04. The number of aromatic nitrogens is 4. The van der Waals surface area contributed by atoms with Crippen molar-refractivity contribution < 1.29 is 13.2 Å². The number of nitrogens with one attached hydrogen (secondary N) is 2. The molecule has 3 aromatic rings. The van der Waals surface area contributed by atoms with Gasteiger partial charge in [0.25, 0.3) is 0 Å². The van der Waals surface area contributed by atoms with Crippen LogP contribution in [0.2, 0.25) is 0 Å². The molecule has 0 unspecified atom stereocenters. The van der Waals surface area contributed by atoms with Gasteiger partial charge in [0.05, 0.1) is 11.4 Å². The molecule has 3 rings (SSSR count). The predicted octanol–water partition coefficient (Wildman–Crippen LogP) is 1.69. The summed E-state index contributed by atoms with van der Waals surface area (Å²) in [5.74, 6) is 1.77. The Morgan fingerprint density at radius 2 is 1.86 bits per heavy atom. The van der Waals surface area contributed by atoms with Gasteiger partial charge in [-0.05, 0) is 32.0 Å². The second-order valence-corrected chi connectivity index (χ2v) is 8.33. The molecule has 0 aliphatic heterocycles. The van der Waals surface area contributed by atoms with Gasteiger partial charge in [0.15, 0.2) is 5.82 Å². The van der Waals surface area contributed by atoms with E-state index >= 15 is 0 Å². The first kappa shape index (κ1) is 20.7. The van der Waals surface area contributed by atoms with Crippen LogP contribution >= 0.6 is 0 Å². The molecule has 1 aromatic carbocycles. The molecule has 0 amide bonds. The fourth-order valence-corrected chi connectivity index (χ4v) is 3.54. The lowest BCUT2D eigenvalue weighted by atomic mass is 10.3. The molecule has 29 heavy (non-hydrogen) atoms. The van der Waals surface area contributed by atoms with Crippen LogP contribution in [0.25, 0.3) is 5.82 Å². The summed E-state index contributed by atoms with van der Waals surface area (Å²) in [6.07, 6.45) is 1.44. The summed E-state index contributed by atoms with van der Waals surface area (Å²) in [6, 6.07) is 12.8. The molecular weight excluding hydrogens is 392 g/mol. The Balaban J connectivity index is 1.44. The van der Waals surface area contributed by atoms with Gasteiger partial charge in [0.1, 0.15) is 24.5 Å². The summed E-state index contributed by atoms with van der Waals surface area (Å²) in [6.45, 7) is 4.57. The normalized spacial score (nSPS) is 11.4. The van der Waals surface area contributed by atoms with Crippen LogP contribution in [0.3, 0.4) is 0 Å². The number of aryl methyl sites for hydroxylation is 2. The lowest BCUT2D eigenvalue weighted by Crippen LogP contribution is -2.32. The molecular formula is C19H24N6O3S. The Kier molecular flexibility index (Phi) is 6.78. The average molecular weight is 417 g/mol.